The molecule has 17 heavy (non-hydrogen) atoms. The van der Waals surface area contributed by atoms with Crippen molar-refractivity contribution in [2.75, 3.05) is 0 Å². The summed E-state index contributed by atoms with van der Waals surface area (Å²) >= 11 is 0. The monoisotopic (exact) mass is 238 g/mol. The molecule has 1 aliphatic carbocycles. The number of hydrogen-bond donors (Lipinski definition) is 2. The fourth-order valence-electron chi connectivity index (χ4n) is 1.69. The average molecular weight is 238 g/mol. The highest BCUT2D eigenvalue weighted by Gasteiger charge is 2.32. The number of aryl methyl sites for hydroxylation is 1. The molecule has 1 fully saturated rings. The van der Waals surface area contributed by atoms with Gasteiger partial charge < -0.3 is 14.9 Å². The maximum atomic E-state index is 11.6. The first kappa shape index (κ1) is 11.6. The van der Waals surface area contributed by atoms with Crippen LogP contribution in [0.2, 0.25) is 0 Å². The van der Waals surface area contributed by atoms with Crippen LogP contribution in [0, 0.1) is 12.8 Å². The van der Waals surface area contributed by atoms with Gasteiger partial charge in [-0.05, 0) is 26.7 Å². The van der Waals surface area contributed by atoms with Gasteiger partial charge >= 0.3 is 5.97 Å². The molecule has 0 radical (unpaired) electrons. The Balaban J connectivity index is 2.15. The Labute approximate surface area is 98.0 Å². The lowest BCUT2D eigenvalue weighted by molar-refractivity contribution is -0.123. The van der Waals surface area contributed by atoms with Gasteiger partial charge in [-0.1, -0.05) is 5.16 Å². The highest BCUT2D eigenvalue weighted by atomic mass is 16.5. The van der Waals surface area contributed by atoms with E-state index in [1.54, 1.807) is 13.8 Å². The van der Waals surface area contributed by atoms with E-state index in [0.29, 0.717) is 5.69 Å². The molecule has 2 rings (SSSR count). The predicted molar refractivity (Wildman–Crippen MR) is 57.5 cm³/mol. The van der Waals surface area contributed by atoms with Crippen LogP contribution in [0.15, 0.2) is 4.52 Å². The van der Waals surface area contributed by atoms with Gasteiger partial charge in [-0.3, -0.25) is 4.79 Å². The molecule has 0 unspecified atom stereocenters. The fourth-order valence-corrected chi connectivity index (χ4v) is 1.69. The smallest absolute Gasteiger partial charge is 0.341 e. The third-order valence-electron chi connectivity index (χ3n) is 2.80. The second kappa shape index (κ2) is 4.20. The standard InChI is InChI=1S/C11H14N2O4/c1-5-8(11(15)16)9(17-13-5)6(2)12-10(14)7-3-4-7/h6-7H,3-4H2,1-2H3,(H,12,14)(H,15,16)/t6-/m1/s1. The molecule has 1 aromatic rings. The minimum atomic E-state index is -1.09. The summed E-state index contributed by atoms with van der Waals surface area (Å²) < 4.78 is 4.97. The van der Waals surface area contributed by atoms with Crippen LogP contribution in [-0.2, 0) is 4.79 Å². The minimum absolute atomic E-state index is 0.0357. The van der Waals surface area contributed by atoms with Gasteiger partial charge in [0.25, 0.3) is 0 Å². The van der Waals surface area contributed by atoms with Crippen molar-refractivity contribution in [3.8, 4) is 0 Å². The first-order valence-corrected chi connectivity index (χ1v) is 5.50. The van der Waals surface area contributed by atoms with Gasteiger partial charge in [-0.25, -0.2) is 4.79 Å². The van der Waals surface area contributed by atoms with Gasteiger partial charge in [0.15, 0.2) is 5.76 Å². The molecule has 6 nitrogen and oxygen atoms in total. The molecule has 1 saturated carbocycles. The molecule has 92 valence electrons. The van der Waals surface area contributed by atoms with Crippen LogP contribution < -0.4 is 5.32 Å². The predicted octanol–water partition coefficient (Wildman–Crippen LogP) is 1.27. The number of amides is 1. The summed E-state index contributed by atoms with van der Waals surface area (Å²) in [5.74, 6) is -0.868. The van der Waals surface area contributed by atoms with Crippen molar-refractivity contribution in [3.63, 3.8) is 0 Å². The highest BCUT2D eigenvalue weighted by molar-refractivity contribution is 5.90. The van der Waals surface area contributed by atoms with Crippen LogP contribution in [0.5, 0.6) is 0 Å². The van der Waals surface area contributed by atoms with Crippen molar-refractivity contribution in [3.05, 3.63) is 17.0 Å². The maximum absolute atomic E-state index is 11.6. The zero-order chi connectivity index (χ0) is 12.6. The van der Waals surface area contributed by atoms with Gasteiger partial charge in [0.2, 0.25) is 5.91 Å². The van der Waals surface area contributed by atoms with E-state index in [-0.39, 0.29) is 23.1 Å². The van der Waals surface area contributed by atoms with Crippen molar-refractivity contribution < 1.29 is 19.2 Å². The van der Waals surface area contributed by atoms with Crippen molar-refractivity contribution in [1.82, 2.24) is 10.5 Å². The molecule has 1 heterocycles. The van der Waals surface area contributed by atoms with E-state index in [9.17, 15) is 9.59 Å². The van der Waals surface area contributed by atoms with E-state index in [2.05, 4.69) is 10.5 Å². The highest BCUT2D eigenvalue weighted by Crippen LogP contribution is 2.30. The molecule has 1 aliphatic rings. The first-order chi connectivity index (χ1) is 8.00. The number of hydrogen-bond acceptors (Lipinski definition) is 4. The Morgan fingerprint density at radius 2 is 2.18 bits per heavy atom. The molecular weight excluding hydrogens is 224 g/mol. The number of nitrogens with zero attached hydrogens (tertiary/aromatic N) is 1. The Morgan fingerprint density at radius 1 is 1.53 bits per heavy atom. The Morgan fingerprint density at radius 3 is 2.71 bits per heavy atom. The van der Waals surface area contributed by atoms with Crippen LogP contribution in [0.3, 0.4) is 0 Å². The van der Waals surface area contributed by atoms with E-state index in [1.807, 2.05) is 0 Å². The van der Waals surface area contributed by atoms with E-state index in [0.717, 1.165) is 12.8 Å². The molecule has 0 aromatic carbocycles. The molecule has 2 N–H and O–H groups in total. The molecule has 1 aromatic heterocycles. The van der Waals surface area contributed by atoms with Crippen molar-refractivity contribution >= 4 is 11.9 Å². The van der Waals surface area contributed by atoms with Gasteiger partial charge in [0, 0.05) is 5.92 Å². The number of carbonyl (C=O) groups excluding carboxylic acids is 1. The number of aromatic carboxylic acids is 1. The van der Waals surface area contributed by atoms with Gasteiger partial charge in [-0.2, -0.15) is 0 Å². The van der Waals surface area contributed by atoms with Gasteiger partial charge in [0.1, 0.15) is 5.56 Å². The van der Waals surface area contributed by atoms with Gasteiger partial charge in [-0.15, -0.1) is 0 Å². The Hall–Kier alpha value is -1.85. The lowest BCUT2D eigenvalue weighted by Crippen LogP contribution is -2.28. The lowest BCUT2D eigenvalue weighted by Gasteiger charge is -2.11. The van der Waals surface area contributed by atoms with E-state index in [1.165, 1.54) is 0 Å². The van der Waals surface area contributed by atoms with E-state index < -0.39 is 12.0 Å². The van der Waals surface area contributed by atoms with E-state index in [4.69, 9.17) is 9.63 Å². The molecular formula is C11H14N2O4. The number of carboxylic acids is 1. The number of carbonyl (C=O) groups is 2. The average Bonchev–Trinajstić information content (AvgIpc) is 3.01. The third kappa shape index (κ3) is 2.30. The minimum Gasteiger partial charge on any atom is -0.477 e. The topological polar surface area (TPSA) is 92.4 Å². The van der Waals surface area contributed by atoms with Crippen LogP contribution in [0.1, 0.15) is 47.6 Å². The van der Waals surface area contributed by atoms with E-state index >= 15 is 0 Å². The number of carboxylic acid groups (broad SMARTS) is 1. The van der Waals surface area contributed by atoms with Gasteiger partial charge in [0.05, 0.1) is 11.7 Å². The molecule has 1 amide bonds. The summed E-state index contributed by atoms with van der Waals surface area (Å²) in [5.41, 5.74) is 0.355. The van der Waals surface area contributed by atoms with Crippen molar-refractivity contribution in [1.29, 1.82) is 0 Å². The summed E-state index contributed by atoms with van der Waals surface area (Å²) in [5, 5.41) is 15.4. The summed E-state index contributed by atoms with van der Waals surface area (Å²) in [6, 6.07) is -0.476. The zero-order valence-electron chi connectivity index (χ0n) is 9.69. The van der Waals surface area contributed by atoms with Crippen LogP contribution in [0.25, 0.3) is 0 Å². The second-order valence-corrected chi connectivity index (χ2v) is 4.32. The largest absolute Gasteiger partial charge is 0.477 e. The summed E-state index contributed by atoms with van der Waals surface area (Å²) in [7, 11) is 0. The number of rotatable bonds is 4. The quantitative estimate of drug-likeness (QED) is 0.824. The molecule has 0 saturated heterocycles. The number of aromatic nitrogens is 1. The molecule has 1 atom stereocenters. The Kier molecular flexibility index (Phi) is 2.87. The molecule has 0 spiro atoms. The molecule has 0 aliphatic heterocycles. The SMILES string of the molecule is Cc1noc([C@@H](C)NC(=O)C2CC2)c1C(=O)O. The van der Waals surface area contributed by atoms with Crippen LogP contribution in [0.4, 0.5) is 0 Å². The molecule has 0 bridgehead atoms. The summed E-state index contributed by atoms with van der Waals surface area (Å²) in [6.07, 6.45) is 1.81. The molecule has 6 heteroatoms. The first-order valence-electron chi connectivity index (χ1n) is 5.50. The van der Waals surface area contributed by atoms with Crippen LogP contribution in [-0.4, -0.2) is 22.1 Å². The Bertz CT molecular complexity index is 462. The normalized spacial score (nSPS) is 16.6. The zero-order valence-corrected chi connectivity index (χ0v) is 9.69. The summed E-state index contributed by atoms with van der Waals surface area (Å²) in [4.78, 5) is 22.6. The summed E-state index contributed by atoms with van der Waals surface area (Å²) in [6.45, 7) is 3.25. The van der Waals surface area contributed by atoms with Crippen molar-refractivity contribution in [2.45, 2.75) is 32.7 Å². The maximum Gasteiger partial charge on any atom is 0.341 e. The fraction of sp³-hybridized carbons (Fsp3) is 0.545. The lowest BCUT2D eigenvalue weighted by atomic mass is 10.1. The third-order valence-corrected chi connectivity index (χ3v) is 2.80. The number of nitrogens with one attached hydrogen (secondary N) is 1. The second-order valence-electron chi connectivity index (χ2n) is 4.32. The van der Waals surface area contributed by atoms with Crippen LogP contribution >= 0.6 is 0 Å². The van der Waals surface area contributed by atoms with Crippen molar-refractivity contribution in [2.24, 2.45) is 5.92 Å².